The molecule has 0 saturated carbocycles. The van der Waals surface area contributed by atoms with Crippen LogP contribution < -0.4 is 5.32 Å². The molecule has 0 fully saturated rings. The summed E-state index contributed by atoms with van der Waals surface area (Å²) in [5, 5.41) is 3.41. The fraction of sp³-hybridized carbons (Fsp3) is 0.889. The molecule has 4 nitrogen and oxygen atoms in total. The highest BCUT2D eigenvalue weighted by atomic mass is 16.2. The van der Waals surface area contributed by atoms with Crippen LogP contribution in [-0.2, 0) is 9.59 Å². The van der Waals surface area contributed by atoms with Crippen molar-refractivity contribution in [3.8, 4) is 0 Å². The first kappa shape index (κ1) is 23.4. The highest BCUT2D eigenvalue weighted by Gasteiger charge is 2.16. The number of carbonyl (C=O) groups excluding carboxylic acids is 2. The molecule has 0 rings (SSSR count). The molecule has 0 bridgehead atoms. The molecule has 0 spiro atoms. The Morgan fingerprint density at radius 1 is 1.14 bits per heavy atom. The average molecular weight is 315 g/mol. The Balaban J connectivity index is 0. The molecule has 22 heavy (non-hydrogen) atoms. The Kier molecular flexibility index (Phi) is 17.5. The lowest BCUT2D eigenvalue weighted by Gasteiger charge is -2.28. The van der Waals surface area contributed by atoms with Crippen molar-refractivity contribution in [2.75, 3.05) is 13.1 Å². The Hall–Kier alpha value is -0.900. The third-order valence-corrected chi connectivity index (χ3v) is 3.53. The summed E-state index contributed by atoms with van der Waals surface area (Å²) in [5.74, 6) is 0.341. The van der Waals surface area contributed by atoms with Crippen LogP contribution in [0.15, 0.2) is 0 Å². The zero-order chi connectivity index (χ0) is 17.4. The predicted molar refractivity (Wildman–Crippen MR) is 95.1 cm³/mol. The normalized spacial score (nSPS) is 11.6. The van der Waals surface area contributed by atoms with Gasteiger partial charge in [0.05, 0.1) is 0 Å². The minimum absolute atomic E-state index is 0.341. The van der Waals surface area contributed by atoms with Crippen LogP contribution >= 0.6 is 0 Å². The molecule has 0 radical (unpaired) electrons. The van der Waals surface area contributed by atoms with Crippen molar-refractivity contribution in [3.05, 3.63) is 0 Å². The first-order chi connectivity index (χ1) is 10.4. The van der Waals surface area contributed by atoms with Crippen LogP contribution in [0, 0.1) is 0 Å². The number of unbranched alkanes of at least 4 members (excludes halogenated alkanes) is 2. The van der Waals surface area contributed by atoms with Crippen molar-refractivity contribution in [1.29, 1.82) is 0 Å². The number of hydrogen-bond acceptors (Lipinski definition) is 3. The van der Waals surface area contributed by atoms with E-state index >= 15 is 0 Å². The van der Waals surface area contributed by atoms with Crippen molar-refractivity contribution in [1.82, 2.24) is 10.2 Å². The predicted octanol–water partition coefficient (Wildman–Crippen LogP) is 3.79. The van der Waals surface area contributed by atoms with E-state index in [4.69, 9.17) is 4.79 Å². The van der Waals surface area contributed by atoms with Crippen LogP contribution in [0.3, 0.4) is 0 Å². The SMILES string of the molecule is CC=O.CCCN(C(=O)CCCCCNC(C)C)[C@H](C)CC. The highest BCUT2D eigenvalue weighted by Crippen LogP contribution is 2.10. The van der Waals surface area contributed by atoms with Crippen LogP contribution in [0.1, 0.15) is 80.1 Å². The minimum Gasteiger partial charge on any atom is -0.340 e. The lowest BCUT2D eigenvalue weighted by atomic mass is 10.1. The first-order valence-corrected chi connectivity index (χ1v) is 8.87. The van der Waals surface area contributed by atoms with Gasteiger partial charge in [-0.1, -0.05) is 34.1 Å². The van der Waals surface area contributed by atoms with Gasteiger partial charge in [-0.3, -0.25) is 4.79 Å². The standard InChI is InChI=1S/C16H34N2O.C2H4O/c1-6-13-18(15(5)7-2)16(19)11-9-8-10-12-17-14(3)4;1-2-3/h14-15,17H,6-13H2,1-5H3;2H,1H3/t15-;/m1./s1. The van der Waals surface area contributed by atoms with Crippen LogP contribution in [0.2, 0.25) is 0 Å². The van der Waals surface area contributed by atoms with Gasteiger partial charge in [0.1, 0.15) is 6.29 Å². The van der Waals surface area contributed by atoms with Crippen LogP contribution in [0.4, 0.5) is 0 Å². The van der Waals surface area contributed by atoms with Gasteiger partial charge in [-0.25, -0.2) is 0 Å². The molecule has 1 atom stereocenters. The van der Waals surface area contributed by atoms with E-state index in [0.717, 1.165) is 45.1 Å². The molecule has 4 heteroatoms. The van der Waals surface area contributed by atoms with Gasteiger partial charge in [-0.05, 0) is 46.1 Å². The third-order valence-electron chi connectivity index (χ3n) is 3.53. The number of amides is 1. The van der Waals surface area contributed by atoms with Gasteiger partial charge < -0.3 is 15.0 Å². The number of hydrogen-bond donors (Lipinski definition) is 1. The summed E-state index contributed by atoms with van der Waals surface area (Å²) in [6, 6.07) is 0.946. The summed E-state index contributed by atoms with van der Waals surface area (Å²) in [5.41, 5.74) is 0. The number of nitrogens with zero attached hydrogens (tertiary/aromatic N) is 1. The van der Waals surface area contributed by atoms with Crippen LogP contribution in [0.25, 0.3) is 0 Å². The zero-order valence-electron chi connectivity index (χ0n) is 15.7. The fourth-order valence-corrected chi connectivity index (χ4v) is 2.16. The van der Waals surface area contributed by atoms with E-state index in [1.807, 2.05) is 0 Å². The summed E-state index contributed by atoms with van der Waals surface area (Å²) in [6.07, 6.45) is 6.90. The van der Waals surface area contributed by atoms with E-state index < -0.39 is 0 Å². The van der Waals surface area contributed by atoms with Gasteiger partial charge in [0.15, 0.2) is 0 Å². The molecule has 0 aromatic heterocycles. The van der Waals surface area contributed by atoms with Gasteiger partial charge in [0, 0.05) is 25.0 Å². The summed E-state index contributed by atoms with van der Waals surface area (Å²) in [4.78, 5) is 23.1. The summed E-state index contributed by atoms with van der Waals surface area (Å²) < 4.78 is 0. The molecule has 0 saturated heterocycles. The number of nitrogens with one attached hydrogen (secondary N) is 1. The molecule has 0 aliphatic rings. The highest BCUT2D eigenvalue weighted by molar-refractivity contribution is 5.76. The Labute approximate surface area is 138 Å². The average Bonchev–Trinajstić information content (AvgIpc) is 2.47. The van der Waals surface area contributed by atoms with Crippen LogP contribution in [0.5, 0.6) is 0 Å². The molecule has 132 valence electrons. The van der Waals surface area contributed by atoms with Crippen molar-refractivity contribution >= 4 is 12.2 Å². The van der Waals surface area contributed by atoms with Gasteiger partial charge in [0.25, 0.3) is 0 Å². The fourth-order valence-electron chi connectivity index (χ4n) is 2.16. The summed E-state index contributed by atoms with van der Waals surface area (Å²) in [6.45, 7) is 14.2. The quantitative estimate of drug-likeness (QED) is 0.466. The van der Waals surface area contributed by atoms with E-state index in [2.05, 4.69) is 44.8 Å². The van der Waals surface area contributed by atoms with Crippen molar-refractivity contribution in [2.24, 2.45) is 0 Å². The Bertz CT molecular complexity index is 268. The number of rotatable bonds is 11. The van der Waals surface area contributed by atoms with Gasteiger partial charge in [0.2, 0.25) is 5.91 Å². The smallest absolute Gasteiger partial charge is 0.222 e. The monoisotopic (exact) mass is 314 g/mol. The molecule has 0 heterocycles. The molecule has 0 aromatic carbocycles. The molecule has 0 aliphatic carbocycles. The Morgan fingerprint density at radius 2 is 1.73 bits per heavy atom. The second-order valence-corrected chi connectivity index (χ2v) is 6.00. The van der Waals surface area contributed by atoms with E-state index in [1.54, 1.807) is 0 Å². The maximum atomic E-state index is 12.2. The summed E-state index contributed by atoms with van der Waals surface area (Å²) >= 11 is 0. The molecule has 1 amide bonds. The van der Waals surface area contributed by atoms with Crippen molar-refractivity contribution in [2.45, 2.75) is 92.2 Å². The molecule has 0 unspecified atom stereocenters. The van der Waals surface area contributed by atoms with Crippen molar-refractivity contribution < 1.29 is 9.59 Å². The maximum Gasteiger partial charge on any atom is 0.222 e. The van der Waals surface area contributed by atoms with E-state index in [9.17, 15) is 4.79 Å². The lowest BCUT2D eigenvalue weighted by Crippen LogP contribution is -2.38. The molecule has 0 aliphatic heterocycles. The maximum absolute atomic E-state index is 12.2. The minimum atomic E-state index is 0.341. The van der Waals surface area contributed by atoms with E-state index in [-0.39, 0.29) is 0 Å². The second-order valence-electron chi connectivity index (χ2n) is 6.00. The Morgan fingerprint density at radius 3 is 2.18 bits per heavy atom. The topological polar surface area (TPSA) is 49.4 Å². The van der Waals surface area contributed by atoms with Crippen molar-refractivity contribution in [3.63, 3.8) is 0 Å². The molecule has 1 N–H and O–H groups in total. The second kappa shape index (κ2) is 16.5. The van der Waals surface area contributed by atoms with Gasteiger partial charge >= 0.3 is 0 Å². The largest absolute Gasteiger partial charge is 0.340 e. The number of carbonyl (C=O) groups is 2. The molecular weight excluding hydrogens is 276 g/mol. The zero-order valence-corrected chi connectivity index (χ0v) is 15.7. The molecule has 0 aromatic rings. The van der Waals surface area contributed by atoms with E-state index in [1.165, 1.54) is 13.3 Å². The third kappa shape index (κ3) is 14.1. The number of aldehydes is 1. The van der Waals surface area contributed by atoms with Crippen LogP contribution in [-0.4, -0.2) is 42.3 Å². The molecular formula is C18H38N2O2. The van der Waals surface area contributed by atoms with Gasteiger partial charge in [-0.15, -0.1) is 0 Å². The summed E-state index contributed by atoms with van der Waals surface area (Å²) in [7, 11) is 0. The lowest BCUT2D eigenvalue weighted by molar-refractivity contribution is -0.133. The van der Waals surface area contributed by atoms with E-state index in [0.29, 0.717) is 24.4 Å². The first-order valence-electron chi connectivity index (χ1n) is 8.87. The van der Waals surface area contributed by atoms with Gasteiger partial charge in [-0.2, -0.15) is 0 Å².